The van der Waals surface area contributed by atoms with E-state index in [0.29, 0.717) is 5.56 Å². The van der Waals surface area contributed by atoms with Gasteiger partial charge in [-0.05, 0) is 49.4 Å². The molecule has 6 heteroatoms. The van der Waals surface area contributed by atoms with Crippen LogP contribution in [0.4, 0.5) is 0 Å². The Bertz CT molecular complexity index is 590. The highest BCUT2D eigenvalue weighted by Gasteiger charge is 2.43. The Hall–Kier alpha value is -1.53. The van der Waals surface area contributed by atoms with Gasteiger partial charge in [0.15, 0.2) is 0 Å². The molecule has 2 amide bonds. The van der Waals surface area contributed by atoms with E-state index in [1.165, 1.54) is 0 Å². The van der Waals surface area contributed by atoms with Gasteiger partial charge >= 0.3 is 0 Å². The largest absolute Gasteiger partial charge is 0.376 e. The number of aliphatic hydroxyl groups excluding tert-OH is 1. The van der Waals surface area contributed by atoms with Crippen LogP contribution in [0.2, 0.25) is 0 Å². The molecule has 2 aliphatic heterocycles. The number of rotatable bonds is 2. The van der Waals surface area contributed by atoms with Gasteiger partial charge in [0.1, 0.15) is 6.73 Å². The van der Waals surface area contributed by atoms with E-state index in [2.05, 4.69) is 10.6 Å². The Labute approximate surface area is 127 Å². The van der Waals surface area contributed by atoms with E-state index in [4.69, 9.17) is 5.11 Å². The summed E-state index contributed by atoms with van der Waals surface area (Å²) >= 11 is 1.63. The van der Waals surface area contributed by atoms with E-state index < -0.39 is 0 Å². The quantitative estimate of drug-likeness (QED) is 0.714. The number of thioether (sulfide) groups is 1. The first-order valence-electron chi connectivity index (χ1n) is 7.14. The summed E-state index contributed by atoms with van der Waals surface area (Å²) in [6.45, 7) is 0.405. The maximum Gasteiger partial charge on any atom is 0.253 e. The topological polar surface area (TPSA) is 78.4 Å². The lowest BCUT2D eigenvalue weighted by Gasteiger charge is -2.39. The van der Waals surface area contributed by atoms with Gasteiger partial charge < -0.3 is 15.7 Å². The zero-order valence-electron chi connectivity index (χ0n) is 11.6. The third-order valence-electron chi connectivity index (χ3n) is 4.12. The van der Waals surface area contributed by atoms with E-state index in [1.807, 2.05) is 12.1 Å². The fourth-order valence-corrected chi connectivity index (χ4v) is 4.44. The molecule has 0 saturated carbocycles. The van der Waals surface area contributed by atoms with Crippen LogP contribution in [0.5, 0.6) is 0 Å². The molecule has 21 heavy (non-hydrogen) atoms. The van der Waals surface area contributed by atoms with Gasteiger partial charge in [0.05, 0.1) is 4.75 Å². The Morgan fingerprint density at radius 1 is 1.43 bits per heavy atom. The number of amides is 2. The van der Waals surface area contributed by atoms with Crippen molar-refractivity contribution < 1.29 is 14.7 Å². The molecule has 3 rings (SSSR count). The number of nitrogens with one attached hydrogen (secondary N) is 2. The number of aliphatic hydroxyl groups is 1. The molecule has 2 heterocycles. The highest BCUT2D eigenvalue weighted by atomic mass is 32.2. The zero-order chi connectivity index (χ0) is 14.9. The van der Waals surface area contributed by atoms with Crippen LogP contribution >= 0.6 is 11.8 Å². The maximum atomic E-state index is 12.2. The van der Waals surface area contributed by atoms with Crippen molar-refractivity contribution >= 4 is 23.6 Å². The molecule has 2 aliphatic rings. The number of carbonyl (C=O) groups is 2. The minimum absolute atomic E-state index is 0.145. The standard InChI is InChI=1S/C15H18N2O3S/c18-9-17-13(19)11-2-3-12-10(8-11)4-6-15(21-12)5-1-7-16-14(15)20/h2-3,8,18H,1,4-7,9H2,(H,16,20)(H,17,19). The van der Waals surface area contributed by atoms with Gasteiger partial charge in [-0.25, -0.2) is 0 Å². The van der Waals surface area contributed by atoms with Gasteiger partial charge in [-0.1, -0.05) is 0 Å². The van der Waals surface area contributed by atoms with E-state index in [9.17, 15) is 9.59 Å². The molecule has 1 fully saturated rings. The first-order chi connectivity index (χ1) is 10.1. The molecule has 1 unspecified atom stereocenters. The summed E-state index contributed by atoms with van der Waals surface area (Å²) in [5.41, 5.74) is 1.65. The van der Waals surface area contributed by atoms with Crippen LogP contribution in [0, 0.1) is 0 Å². The first kappa shape index (κ1) is 14.4. The van der Waals surface area contributed by atoms with Crippen LogP contribution in [-0.2, 0) is 11.2 Å². The van der Waals surface area contributed by atoms with Gasteiger partial charge in [0.25, 0.3) is 5.91 Å². The third kappa shape index (κ3) is 2.65. The predicted octanol–water partition coefficient (Wildman–Crippen LogP) is 1.05. The average Bonchev–Trinajstić information content (AvgIpc) is 2.50. The van der Waals surface area contributed by atoms with E-state index in [-0.39, 0.29) is 23.3 Å². The summed E-state index contributed by atoms with van der Waals surface area (Å²) in [7, 11) is 0. The smallest absolute Gasteiger partial charge is 0.253 e. The van der Waals surface area contributed by atoms with E-state index in [0.717, 1.165) is 42.7 Å². The van der Waals surface area contributed by atoms with Crippen molar-refractivity contribution in [2.45, 2.75) is 35.3 Å². The van der Waals surface area contributed by atoms with E-state index in [1.54, 1.807) is 17.8 Å². The van der Waals surface area contributed by atoms with Crippen molar-refractivity contribution in [1.82, 2.24) is 10.6 Å². The summed E-state index contributed by atoms with van der Waals surface area (Å²) < 4.78 is -0.333. The molecular formula is C15H18N2O3S. The van der Waals surface area contributed by atoms with Crippen molar-refractivity contribution in [3.63, 3.8) is 0 Å². The molecule has 0 aliphatic carbocycles. The number of hydrogen-bond acceptors (Lipinski definition) is 4. The van der Waals surface area contributed by atoms with Gasteiger partial charge in [-0.15, -0.1) is 11.8 Å². The fraction of sp³-hybridized carbons (Fsp3) is 0.467. The Balaban J connectivity index is 1.84. The second-order valence-electron chi connectivity index (χ2n) is 5.44. The normalized spacial score (nSPS) is 24.3. The lowest BCUT2D eigenvalue weighted by atomic mass is 9.89. The summed E-state index contributed by atoms with van der Waals surface area (Å²) in [4.78, 5) is 25.0. The Kier molecular flexibility index (Phi) is 3.91. The van der Waals surface area contributed by atoms with Crippen molar-refractivity contribution in [2.24, 2.45) is 0 Å². The Morgan fingerprint density at radius 2 is 2.29 bits per heavy atom. The highest BCUT2D eigenvalue weighted by Crippen LogP contribution is 2.47. The number of benzene rings is 1. The molecule has 112 valence electrons. The molecule has 1 spiro atoms. The van der Waals surface area contributed by atoms with E-state index >= 15 is 0 Å². The van der Waals surface area contributed by atoms with Crippen LogP contribution in [0.15, 0.2) is 23.1 Å². The minimum atomic E-state index is -0.367. The fourth-order valence-electron chi connectivity index (χ4n) is 2.97. The predicted molar refractivity (Wildman–Crippen MR) is 80.1 cm³/mol. The van der Waals surface area contributed by atoms with Crippen molar-refractivity contribution in [3.05, 3.63) is 29.3 Å². The summed E-state index contributed by atoms with van der Waals surface area (Å²) in [6.07, 6.45) is 3.54. The monoisotopic (exact) mass is 306 g/mol. The van der Waals surface area contributed by atoms with Crippen molar-refractivity contribution in [1.29, 1.82) is 0 Å². The van der Waals surface area contributed by atoms with Crippen LogP contribution in [0.1, 0.15) is 35.2 Å². The van der Waals surface area contributed by atoms with Crippen molar-refractivity contribution in [2.75, 3.05) is 13.3 Å². The first-order valence-corrected chi connectivity index (χ1v) is 7.96. The van der Waals surface area contributed by atoms with Gasteiger partial charge in [0.2, 0.25) is 5.91 Å². The second-order valence-corrected chi connectivity index (χ2v) is 6.87. The molecule has 1 aromatic rings. The number of hydrogen-bond donors (Lipinski definition) is 3. The molecular weight excluding hydrogens is 288 g/mol. The molecule has 0 aromatic heterocycles. The molecule has 5 nitrogen and oxygen atoms in total. The van der Waals surface area contributed by atoms with Gasteiger partial charge in [0, 0.05) is 17.0 Å². The number of piperidine rings is 1. The number of aryl methyl sites for hydroxylation is 1. The maximum absolute atomic E-state index is 12.2. The molecule has 0 radical (unpaired) electrons. The SMILES string of the molecule is O=C(NCO)c1ccc2c(c1)CCC1(CCCNC1=O)S2. The minimum Gasteiger partial charge on any atom is -0.376 e. The lowest BCUT2D eigenvalue weighted by Crippen LogP contribution is -2.50. The Morgan fingerprint density at radius 3 is 3.05 bits per heavy atom. The van der Waals surface area contributed by atoms with Crippen LogP contribution in [0.25, 0.3) is 0 Å². The lowest BCUT2D eigenvalue weighted by molar-refractivity contribution is -0.125. The van der Waals surface area contributed by atoms with Crippen molar-refractivity contribution in [3.8, 4) is 0 Å². The average molecular weight is 306 g/mol. The summed E-state index contributed by atoms with van der Waals surface area (Å²) in [5.74, 6) is -0.132. The highest BCUT2D eigenvalue weighted by molar-refractivity contribution is 8.01. The summed E-state index contributed by atoms with van der Waals surface area (Å²) in [6, 6.07) is 5.52. The van der Waals surface area contributed by atoms with Crippen LogP contribution in [0.3, 0.4) is 0 Å². The van der Waals surface area contributed by atoms with Crippen LogP contribution in [-0.4, -0.2) is 34.9 Å². The number of fused-ring (bicyclic) bond motifs is 1. The third-order valence-corrected chi connectivity index (χ3v) is 5.73. The molecule has 0 bridgehead atoms. The molecule has 1 saturated heterocycles. The second kappa shape index (κ2) is 5.69. The zero-order valence-corrected chi connectivity index (χ0v) is 12.5. The molecule has 1 aromatic carbocycles. The van der Waals surface area contributed by atoms with Crippen LogP contribution < -0.4 is 10.6 Å². The molecule has 3 N–H and O–H groups in total. The van der Waals surface area contributed by atoms with Gasteiger partial charge in [-0.2, -0.15) is 0 Å². The molecule has 1 atom stereocenters. The number of carbonyl (C=O) groups excluding carboxylic acids is 2. The summed E-state index contributed by atoms with van der Waals surface area (Å²) in [5, 5.41) is 14.1. The van der Waals surface area contributed by atoms with Gasteiger partial charge in [-0.3, -0.25) is 9.59 Å².